The molecule has 1 aromatic rings. The minimum Gasteiger partial charge on any atom is -0.495 e. The van der Waals surface area contributed by atoms with Crippen molar-refractivity contribution in [3.8, 4) is 5.75 Å². The first-order valence-electron chi connectivity index (χ1n) is 6.40. The van der Waals surface area contributed by atoms with Gasteiger partial charge in [0.2, 0.25) is 0 Å². The largest absolute Gasteiger partial charge is 0.495 e. The van der Waals surface area contributed by atoms with Crippen molar-refractivity contribution in [3.05, 3.63) is 28.3 Å². The maximum Gasteiger partial charge on any atom is 0.271 e. The maximum absolute atomic E-state index is 10.8. The lowest BCUT2D eigenvalue weighted by Crippen LogP contribution is -2.26. The molecule has 3 N–H and O–H groups in total. The van der Waals surface area contributed by atoms with Crippen LogP contribution in [0.4, 0.5) is 11.4 Å². The van der Waals surface area contributed by atoms with E-state index in [1.54, 1.807) is 13.2 Å². The van der Waals surface area contributed by atoms with Crippen molar-refractivity contribution in [3.63, 3.8) is 0 Å². The van der Waals surface area contributed by atoms with E-state index >= 15 is 0 Å². The normalized spacial score (nSPS) is 11.9. The number of nitrogens with two attached hydrogens (primary N) is 1. The molecule has 7 nitrogen and oxygen atoms in total. The lowest BCUT2D eigenvalue weighted by Gasteiger charge is -2.20. The number of nitrogens with zero attached hydrogens (tertiary/aromatic N) is 1. The number of non-ortho nitro benzene ring substituents is 1. The molecule has 0 saturated heterocycles. The Labute approximate surface area is 118 Å². The average Bonchev–Trinajstić information content (AvgIpc) is 2.44. The molecule has 0 fully saturated rings. The molecule has 1 atom stereocenters. The average molecular weight is 283 g/mol. The van der Waals surface area contributed by atoms with E-state index < -0.39 is 4.92 Å². The third-order valence-electron chi connectivity index (χ3n) is 2.88. The topological polar surface area (TPSA) is 99.7 Å². The monoisotopic (exact) mass is 283 g/mol. The van der Waals surface area contributed by atoms with Gasteiger partial charge < -0.3 is 20.5 Å². The Kier molecular flexibility index (Phi) is 6.75. The first-order chi connectivity index (χ1) is 9.62. The van der Waals surface area contributed by atoms with Gasteiger partial charge in [-0.3, -0.25) is 10.1 Å². The van der Waals surface area contributed by atoms with Gasteiger partial charge >= 0.3 is 0 Å². The molecule has 0 saturated carbocycles. The van der Waals surface area contributed by atoms with Crippen LogP contribution in [0.3, 0.4) is 0 Å². The molecule has 1 aromatic carbocycles. The molecular formula is C13H21N3O4. The fourth-order valence-electron chi connectivity index (χ4n) is 1.90. The highest BCUT2D eigenvalue weighted by atomic mass is 16.6. The van der Waals surface area contributed by atoms with Gasteiger partial charge in [0.1, 0.15) is 5.75 Å². The van der Waals surface area contributed by atoms with E-state index in [9.17, 15) is 10.1 Å². The molecule has 0 aliphatic heterocycles. The van der Waals surface area contributed by atoms with Crippen molar-refractivity contribution in [2.45, 2.75) is 18.9 Å². The molecule has 0 heterocycles. The second-order valence-electron chi connectivity index (χ2n) is 4.37. The number of ether oxygens (including phenoxy) is 2. The number of nitro groups is 1. The molecule has 0 aliphatic rings. The zero-order chi connectivity index (χ0) is 15.0. The van der Waals surface area contributed by atoms with E-state index in [0.29, 0.717) is 24.6 Å². The lowest BCUT2D eigenvalue weighted by atomic mass is 10.1. The summed E-state index contributed by atoms with van der Waals surface area (Å²) in [6, 6.07) is 4.48. The third-order valence-corrected chi connectivity index (χ3v) is 2.88. The second kappa shape index (κ2) is 8.34. The molecule has 0 spiro atoms. The number of methoxy groups -OCH3 is 2. The summed E-state index contributed by atoms with van der Waals surface area (Å²) < 4.78 is 10.4. The van der Waals surface area contributed by atoms with Crippen LogP contribution in [0.15, 0.2) is 18.2 Å². The smallest absolute Gasteiger partial charge is 0.271 e. The van der Waals surface area contributed by atoms with Crippen LogP contribution < -0.4 is 15.8 Å². The number of anilines is 1. The van der Waals surface area contributed by atoms with Crippen LogP contribution in [0.1, 0.15) is 12.8 Å². The van der Waals surface area contributed by atoms with Crippen molar-refractivity contribution in [1.82, 2.24) is 0 Å². The molecule has 20 heavy (non-hydrogen) atoms. The Morgan fingerprint density at radius 3 is 2.75 bits per heavy atom. The minimum absolute atomic E-state index is 0.0169. The van der Waals surface area contributed by atoms with Gasteiger partial charge in [-0.15, -0.1) is 0 Å². The number of nitro benzene ring substituents is 1. The van der Waals surface area contributed by atoms with Crippen LogP contribution >= 0.6 is 0 Å². The molecule has 0 aliphatic carbocycles. The summed E-state index contributed by atoms with van der Waals surface area (Å²) >= 11 is 0. The molecule has 0 radical (unpaired) electrons. The number of rotatable bonds is 9. The summed E-state index contributed by atoms with van der Waals surface area (Å²) in [5.74, 6) is 0.560. The van der Waals surface area contributed by atoms with Gasteiger partial charge in [-0.2, -0.15) is 0 Å². The fourth-order valence-corrected chi connectivity index (χ4v) is 1.90. The molecule has 0 amide bonds. The first kappa shape index (κ1) is 16.2. The second-order valence-corrected chi connectivity index (χ2v) is 4.37. The van der Waals surface area contributed by atoms with Gasteiger partial charge in [0.15, 0.2) is 0 Å². The quantitative estimate of drug-likeness (QED) is 0.529. The zero-order valence-electron chi connectivity index (χ0n) is 11.8. The SMILES string of the molecule is COCC(CCCN)Nc1cc([N+](=O)[O-])ccc1OC. The summed E-state index contributed by atoms with van der Waals surface area (Å²) in [5.41, 5.74) is 6.10. The van der Waals surface area contributed by atoms with E-state index in [1.165, 1.54) is 19.2 Å². The van der Waals surface area contributed by atoms with Gasteiger partial charge in [-0.1, -0.05) is 0 Å². The standard InChI is InChI=1S/C13H21N3O4/c1-19-9-10(4-3-7-14)15-12-8-11(16(17)18)5-6-13(12)20-2/h5-6,8,10,15H,3-4,7,9,14H2,1-2H3. The molecule has 1 unspecified atom stereocenters. The van der Waals surface area contributed by atoms with Gasteiger partial charge in [0.05, 0.1) is 24.3 Å². The van der Waals surface area contributed by atoms with E-state index in [1.807, 2.05) is 0 Å². The molecular weight excluding hydrogens is 262 g/mol. The number of benzene rings is 1. The fraction of sp³-hybridized carbons (Fsp3) is 0.538. The van der Waals surface area contributed by atoms with Crippen molar-refractivity contribution in [2.24, 2.45) is 5.73 Å². The van der Waals surface area contributed by atoms with E-state index in [0.717, 1.165) is 12.8 Å². The highest BCUT2D eigenvalue weighted by molar-refractivity contribution is 5.62. The molecule has 0 aromatic heterocycles. The van der Waals surface area contributed by atoms with Crippen molar-refractivity contribution in [2.75, 3.05) is 32.7 Å². The minimum atomic E-state index is -0.435. The van der Waals surface area contributed by atoms with E-state index in [2.05, 4.69) is 5.32 Å². The summed E-state index contributed by atoms with van der Waals surface area (Å²) in [6.07, 6.45) is 1.66. The summed E-state index contributed by atoms with van der Waals surface area (Å²) in [5, 5.41) is 14.1. The number of hydrogen-bond acceptors (Lipinski definition) is 6. The van der Waals surface area contributed by atoms with Gasteiger partial charge in [0, 0.05) is 25.3 Å². The molecule has 1 rings (SSSR count). The Hall–Kier alpha value is -1.86. The maximum atomic E-state index is 10.8. The highest BCUT2D eigenvalue weighted by Gasteiger charge is 2.15. The van der Waals surface area contributed by atoms with Gasteiger partial charge in [-0.05, 0) is 25.5 Å². The van der Waals surface area contributed by atoms with Crippen LogP contribution in [-0.2, 0) is 4.74 Å². The van der Waals surface area contributed by atoms with Crippen LogP contribution in [-0.4, -0.2) is 38.3 Å². The van der Waals surface area contributed by atoms with Gasteiger partial charge in [-0.25, -0.2) is 0 Å². The van der Waals surface area contributed by atoms with E-state index in [-0.39, 0.29) is 11.7 Å². The molecule has 7 heteroatoms. The zero-order valence-corrected chi connectivity index (χ0v) is 11.8. The van der Waals surface area contributed by atoms with Gasteiger partial charge in [0.25, 0.3) is 5.69 Å². The Morgan fingerprint density at radius 2 is 2.20 bits per heavy atom. The first-order valence-corrected chi connectivity index (χ1v) is 6.40. The van der Waals surface area contributed by atoms with Crippen LogP contribution in [0.5, 0.6) is 5.75 Å². The predicted octanol–water partition coefficient (Wildman–Crippen LogP) is 1.77. The lowest BCUT2D eigenvalue weighted by molar-refractivity contribution is -0.384. The van der Waals surface area contributed by atoms with Crippen LogP contribution in [0, 0.1) is 10.1 Å². The summed E-state index contributed by atoms with van der Waals surface area (Å²) in [6.45, 7) is 1.08. The summed E-state index contributed by atoms with van der Waals surface area (Å²) in [7, 11) is 3.14. The molecule has 0 bridgehead atoms. The van der Waals surface area contributed by atoms with Crippen LogP contribution in [0.2, 0.25) is 0 Å². The van der Waals surface area contributed by atoms with Crippen molar-refractivity contribution >= 4 is 11.4 Å². The van der Waals surface area contributed by atoms with Crippen LogP contribution in [0.25, 0.3) is 0 Å². The Morgan fingerprint density at radius 1 is 1.45 bits per heavy atom. The van der Waals surface area contributed by atoms with Crippen molar-refractivity contribution in [1.29, 1.82) is 0 Å². The number of nitrogens with one attached hydrogen (secondary N) is 1. The highest BCUT2D eigenvalue weighted by Crippen LogP contribution is 2.29. The summed E-state index contributed by atoms with van der Waals surface area (Å²) in [4.78, 5) is 10.4. The molecule has 112 valence electrons. The van der Waals surface area contributed by atoms with E-state index in [4.69, 9.17) is 15.2 Å². The number of hydrogen-bond donors (Lipinski definition) is 2. The Balaban J connectivity index is 2.90. The van der Waals surface area contributed by atoms with Crippen molar-refractivity contribution < 1.29 is 14.4 Å². The predicted molar refractivity (Wildman–Crippen MR) is 77.2 cm³/mol. The third kappa shape index (κ3) is 4.67. The Bertz CT molecular complexity index is 440.